The average Bonchev–Trinajstić information content (AvgIpc) is 3.72. The van der Waals surface area contributed by atoms with Gasteiger partial charge in [0.1, 0.15) is 22.1 Å². The van der Waals surface area contributed by atoms with Crippen LogP contribution in [-0.2, 0) is 27.8 Å². The lowest BCUT2D eigenvalue weighted by atomic mass is 9.82. The zero-order valence-electron chi connectivity index (χ0n) is 21.4. The van der Waals surface area contributed by atoms with Gasteiger partial charge in [0.2, 0.25) is 11.8 Å². The first-order valence-electron chi connectivity index (χ1n) is 13.0. The standard InChI is InChI=1S/C31H24F2N4O2S/c32-22-9-10-24(33)23(15-22)25-18-40-30(35-25)31(19-34,16-28(38)36-13-11-20-5-1-3-7-26(20)36)17-29(39)37-14-12-21-6-2-4-8-27(21)37/h1-10,15,18H,11-14,16-17H2. The van der Waals surface area contributed by atoms with E-state index in [1.54, 1.807) is 9.80 Å². The maximum Gasteiger partial charge on any atom is 0.229 e. The van der Waals surface area contributed by atoms with E-state index in [1.807, 2.05) is 48.5 Å². The average molecular weight is 555 g/mol. The molecular weight excluding hydrogens is 530 g/mol. The molecule has 0 bridgehead atoms. The van der Waals surface area contributed by atoms with E-state index < -0.39 is 17.0 Å². The molecule has 0 aliphatic carbocycles. The largest absolute Gasteiger partial charge is 0.312 e. The number of thiazole rings is 1. The van der Waals surface area contributed by atoms with E-state index in [1.165, 1.54) is 5.38 Å². The fourth-order valence-electron chi connectivity index (χ4n) is 5.55. The molecule has 0 spiro atoms. The van der Waals surface area contributed by atoms with Gasteiger partial charge in [0.05, 0.1) is 24.6 Å². The molecule has 200 valence electrons. The molecule has 2 amide bonds. The molecule has 0 radical (unpaired) electrons. The summed E-state index contributed by atoms with van der Waals surface area (Å²) in [6.07, 6.45) is 0.839. The minimum absolute atomic E-state index is 0.0473. The number of carbonyl (C=O) groups is 2. The second kappa shape index (κ2) is 10.3. The Balaban J connectivity index is 1.37. The second-order valence-corrected chi connectivity index (χ2v) is 10.9. The molecule has 3 heterocycles. The first kappa shape index (κ1) is 25.8. The molecule has 40 heavy (non-hydrogen) atoms. The van der Waals surface area contributed by atoms with Crippen LogP contribution in [0, 0.1) is 23.0 Å². The highest BCUT2D eigenvalue weighted by Gasteiger charge is 2.44. The number of nitrogens with zero attached hydrogens (tertiary/aromatic N) is 4. The van der Waals surface area contributed by atoms with Crippen molar-refractivity contribution >= 4 is 34.5 Å². The topological polar surface area (TPSA) is 77.3 Å². The molecular formula is C31H24F2N4O2S. The molecule has 0 saturated heterocycles. The Bertz CT molecular complexity index is 1610. The van der Waals surface area contributed by atoms with Gasteiger partial charge < -0.3 is 9.80 Å². The van der Waals surface area contributed by atoms with Crippen molar-refractivity contribution in [3.8, 4) is 17.3 Å². The third-order valence-corrected chi connectivity index (χ3v) is 8.66. The fourth-order valence-corrected chi connectivity index (χ4v) is 6.52. The van der Waals surface area contributed by atoms with E-state index in [9.17, 15) is 23.6 Å². The monoisotopic (exact) mass is 554 g/mol. The van der Waals surface area contributed by atoms with E-state index in [-0.39, 0.29) is 40.9 Å². The zero-order valence-corrected chi connectivity index (χ0v) is 22.3. The minimum Gasteiger partial charge on any atom is -0.312 e. The maximum absolute atomic E-state index is 14.6. The van der Waals surface area contributed by atoms with E-state index in [0.29, 0.717) is 25.9 Å². The van der Waals surface area contributed by atoms with Gasteiger partial charge in [0.15, 0.2) is 0 Å². The van der Waals surface area contributed by atoms with Gasteiger partial charge in [-0.2, -0.15) is 5.26 Å². The number of hydrogen-bond acceptors (Lipinski definition) is 5. The second-order valence-electron chi connectivity index (χ2n) is 10.1. The number of para-hydroxylation sites is 2. The lowest BCUT2D eigenvalue weighted by Crippen LogP contribution is -2.41. The molecule has 2 aliphatic heterocycles. The molecule has 3 aromatic carbocycles. The van der Waals surface area contributed by atoms with Crippen molar-refractivity contribution in [2.45, 2.75) is 31.1 Å². The van der Waals surface area contributed by atoms with Crippen LogP contribution in [0.5, 0.6) is 0 Å². The first-order valence-corrected chi connectivity index (χ1v) is 13.9. The summed E-state index contributed by atoms with van der Waals surface area (Å²) in [6, 6.07) is 20.6. The SMILES string of the molecule is N#CC(CC(=O)N1CCc2ccccc21)(CC(=O)N1CCc2ccccc21)c1nc(-c2cc(F)ccc2F)cs1. The molecule has 0 atom stereocenters. The van der Waals surface area contributed by atoms with Crippen LogP contribution in [0.25, 0.3) is 11.3 Å². The zero-order chi connectivity index (χ0) is 27.9. The first-order chi connectivity index (χ1) is 19.4. The third-order valence-electron chi connectivity index (χ3n) is 7.61. The van der Waals surface area contributed by atoms with Crippen LogP contribution in [0.1, 0.15) is 29.0 Å². The van der Waals surface area contributed by atoms with Gasteiger partial charge in [0.25, 0.3) is 0 Å². The summed E-state index contributed by atoms with van der Waals surface area (Å²) >= 11 is 1.07. The summed E-state index contributed by atoms with van der Waals surface area (Å²) < 4.78 is 28.5. The third kappa shape index (κ3) is 4.54. The lowest BCUT2D eigenvalue weighted by Gasteiger charge is -2.28. The van der Waals surface area contributed by atoms with E-state index in [2.05, 4.69) is 11.1 Å². The van der Waals surface area contributed by atoms with Crippen molar-refractivity contribution in [3.05, 3.63) is 99.9 Å². The molecule has 4 aromatic rings. The Labute approximate surface area is 234 Å². The number of anilines is 2. The quantitative estimate of drug-likeness (QED) is 0.302. The highest BCUT2D eigenvalue weighted by atomic mass is 32.1. The number of amides is 2. The number of nitriles is 1. The number of aromatic nitrogens is 1. The van der Waals surface area contributed by atoms with Crippen LogP contribution >= 0.6 is 11.3 Å². The molecule has 6 nitrogen and oxygen atoms in total. The summed E-state index contributed by atoms with van der Waals surface area (Å²) in [5, 5.41) is 12.4. The van der Waals surface area contributed by atoms with Crippen LogP contribution in [0.3, 0.4) is 0 Å². The van der Waals surface area contributed by atoms with Gasteiger partial charge in [-0.1, -0.05) is 36.4 Å². The Morgan fingerprint density at radius 2 is 1.48 bits per heavy atom. The summed E-state index contributed by atoms with van der Waals surface area (Å²) in [7, 11) is 0. The van der Waals surface area contributed by atoms with Gasteiger partial charge in [-0.3, -0.25) is 9.59 Å². The number of hydrogen-bond donors (Lipinski definition) is 0. The number of fused-ring (bicyclic) bond motifs is 2. The molecule has 0 N–H and O–H groups in total. The summed E-state index contributed by atoms with van der Waals surface area (Å²) in [5.41, 5.74) is 2.17. The Morgan fingerprint density at radius 3 is 2.05 bits per heavy atom. The van der Waals surface area contributed by atoms with Gasteiger partial charge in [0, 0.05) is 35.4 Å². The van der Waals surface area contributed by atoms with Gasteiger partial charge in [-0.25, -0.2) is 13.8 Å². The highest BCUT2D eigenvalue weighted by molar-refractivity contribution is 7.10. The Kier molecular flexibility index (Phi) is 6.64. The number of benzene rings is 3. The van der Waals surface area contributed by atoms with E-state index in [4.69, 9.17) is 0 Å². The minimum atomic E-state index is -1.60. The van der Waals surface area contributed by atoms with E-state index in [0.717, 1.165) is 52.0 Å². The lowest BCUT2D eigenvalue weighted by molar-refractivity contribution is -0.121. The van der Waals surface area contributed by atoms with Gasteiger partial charge in [-0.05, 0) is 54.3 Å². The summed E-state index contributed by atoms with van der Waals surface area (Å²) in [4.78, 5) is 35.3. The maximum atomic E-state index is 14.6. The summed E-state index contributed by atoms with van der Waals surface area (Å²) in [6.45, 7) is 0.954. The van der Waals surface area contributed by atoms with E-state index >= 15 is 0 Å². The van der Waals surface area contributed by atoms with Crippen molar-refractivity contribution in [1.82, 2.24) is 4.98 Å². The molecule has 0 fully saturated rings. The summed E-state index contributed by atoms with van der Waals surface area (Å²) in [5.74, 6) is -1.87. The Morgan fingerprint density at radius 1 is 0.900 bits per heavy atom. The van der Waals surface area contributed by atoms with Crippen LogP contribution in [0.15, 0.2) is 72.1 Å². The van der Waals surface area contributed by atoms with Crippen molar-refractivity contribution in [3.63, 3.8) is 0 Å². The van der Waals surface area contributed by atoms with Gasteiger partial charge in [-0.15, -0.1) is 11.3 Å². The van der Waals surface area contributed by atoms with Crippen molar-refractivity contribution < 1.29 is 18.4 Å². The van der Waals surface area contributed by atoms with Crippen LogP contribution in [0.2, 0.25) is 0 Å². The highest BCUT2D eigenvalue weighted by Crippen LogP contribution is 2.40. The number of rotatable bonds is 6. The Hall–Kier alpha value is -4.42. The molecule has 2 aliphatic rings. The fraction of sp³-hybridized carbons (Fsp3) is 0.226. The molecule has 1 aromatic heterocycles. The molecule has 0 saturated carbocycles. The molecule has 0 unspecified atom stereocenters. The van der Waals surface area contributed by atoms with Crippen LogP contribution in [-0.4, -0.2) is 29.9 Å². The number of carbonyl (C=O) groups excluding carboxylic acids is 2. The van der Waals surface area contributed by atoms with Crippen molar-refractivity contribution in [1.29, 1.82) is 5.26 Å². The predicted octanol–water partition coefficient (Wildman–Crippen LogP) is 5.81. The van der Waals surface area contributed by atoms with Crippen LogP contribution in [0.4, 0.5) is 20.2 Å². The van der Waals surface area contributed by atoms with Crippen LogP contribution < -0.4 is 9.80 Å². The smallest absolute Gasteiger partial charge is 0.229 e. The normalized spacial score (nSPS) is 14.1. The number of halogens is 2. The molecule has 6 rings (SSSR count). The molecule has 9 heteroatoms. The van der Waals surface area contributed by atoms with Gasteiger partial charge >= 0.3 is 0 Å². The van der Waals surface area contributed by atoms with Crippen molar-refractivity contribution in [2.75, 3.05) is 22.9 Å². The predicted molar refractivity (Wildman–Crippen MR) is 149 cm³/mol. The van der Waals surface area contributed by atoms with Crippen molar-refractivity contribution in [2.24, 2.45) is 0 Å².